The molecule has 2 aromatic rings. The zero-order chi connectivity index (χ0) is 19.7. The van der Waals surface area contributed by atoms with E-state index in [1.165, 1.54) is 23.9 Å². The number of likely N-dealkylation sites (N-methyl/N-ethyl adjacent to an activating group) is 1. The molecule has 146 valence electrons. The van der Waals surface area contributed by atoms with Gasteiger partial charge in [0.25, 0.3) is 5.91 Å². The molecule has 2 aromatic heterocycles. The Labute approximate surface area is 168 Å². The molecule has 1 spiro atoms. The Balaban J connectivity index is 1.58. The van der Waals surface area contributed by atoms with Gasteiger partial charge in [0, 0.05) is 19.6 Å². The van der Waals surface area contributed by atoms with E-state index in [9.17, 15) is 10.1 Å². The average molecular weight is 398 g/mol. The largest absolute Gasteiger partial charge is 0.359 e. The molecule has 28 heavy (non-hydrogen) atoms. The van der Waals surface area contributed by atoms with Gasteiger partial charge >= 0.3 is 0 Å². The summed E-state index contributed by atoms with van der Waals surface area (Å²) in [6, 6.07) is 4.03. The van der Waals surface area contributed by atoms with Gasteiger partial charge in [-0.15, -0.1) is 0 Å². The van der Waals surface area contributed by atoms with Crippen LogP contribution >= 0.6 is 11.5 Å². The molecule has 2 unspecified atom stereocenters. The number of piperidine rings is 1. The van der Waals surface area contributed by atoms with Crippen molar-refractivity contribution >= 4 is 22.4 Å². The predicted octanol–water partition coefficient (Wildman–Crippen LogP) is 1.59. The van der Waals surface area contributed by atoms with E-state index < -0.39 is 0 Å². The van der Waals surface area contributed by atoms with Crippen LogP contribution in [0, 0.1) is 18.3 Å². The average Bonchev–Trinajstić information content (AvgIpc) is 3.23. The van der Waals surface area contributed by atoms with Crippen LogP contribution in [0.4, 0.5) is 5.00 Å². The van der Waals surface area contributed by atoms with E-state index in [1.807, 2.05) is 6.92 Å². The summed E-state index contributed by atoms with van der Waals surface area (Å²) in [5, 5.41) is 21.3. The van der Waals surface area contributed by atoms with Crippen molar-refractivity contribution in [2.45, 2.75) is 37.8 Å². The lowest BCUT2D eigenvalue weighted by Gasteiger charge is -2.48. The van der Waals surface area contributed by atoms with Gasteiger partial charge in [0.05, 0.1) is 35.2 Å². The van der Waals surface area contributed by atoms with Crippen LogP contribution < -0.4 is 10.2 Å². The number of carbonyl (C=O) groups excluding carboxylic acids is 1. The monoisotopic (exact) mass is 397 g/mol. The number of likely N-dealkylation sites (tertiary alicyclic amines) is 1. The number of aromatic nitrogens is 3. The Morgan fingerprint density at radius 2 is 2.29 bits per heavy atom. The van der Waals surface area contributed by atoms with Crippen LogP contribution in [0.3, 0.4) is 0 Å². The molecular formula is C19H23N7OS. The third-order valence-corrected chi connectivity index (χ3v) is 7.06. The highest BCUT2D eigenvalue weighted by Crippen LogP contribution is 2.40. The van der Waals surface area contributed by atoms with Crippen molar-refractivity contribution in [3.05, 3.63) is 35.3 Å². The minimum atomic E-state index is -0.154. The first-order valence-corrected chi connectivity index (χ1v) is 10.2. The molecule has 2 atom stereocenters. The van der Waals surface area contributed by atoms with E-state index in [4.69, 9.17) is 0 Å². The zero-order valence-corrected chi connectivity index (χ0v) is 16.9. The van der Waals surface area contributed by atoms with Crippen molar-refractivity contribution in [1.82, 2.24) is 24.8 Å². The maximum absolute atomic E-state index is 12.7. The van der Waals surface area contributed by atoms with Crippen LogP contribution in [0.2, 0.25) is 0 Å². The van der Waals surface area contributed by atoms with Crippen molar-refractivity contribution in [3.8, 4) is 6.07 Å². The molecule has 0 radical (unpaired) electrons. The van der Waals surface area contributed by atoms with Crippen molar-refractivity contribution in [1.29, 1.82) is 5.26 Å². The summed E-state index contributed by atoms with van der Waals surface area (Å²) < 4.78 is 4.39. The molecule has 2 aliphatic rings. The number of anilines is 1. The van der Waals surface area contributed by atoms with Crippen LogP contribution in [0.5, 0.6) is 0 Å². The number of carbonyl (C=O) groups is 1. The van der Waals surface area contributed by atoms with Gasteiger partial charge in [-0.3, -0.25) is 9.69 Å². The lowest BCUT2D eigenvalue weighted by atomic mass is 9.82. The van der Waals surface area contributed by atoms with Crippen LogP contribution in [-0.2, 0) is 0 Å². The molecule has 1 N–H and O–H groups in total. The lowest BCUT2D eigenvalue weighted by molar-refractivity contribution is 0.0840. The highest BCUT2D eigenvalue weighted by Gasteiger charge is 2.50. The summed E-state index contributed by atoms with van der Waals surface area (Å²) in [6.07, 6.45) is 5.95. The molecule has 0 aliphatic carbocycles. The van der Waals surface area contributed by atoms with E-state index >= 15 is 0 Å². The van der Waals surface area contributed by atoms with Crippen LogP contribution in [0.15, 0.2) is 18.5 Å². The molecule has 2 fully saturated rings. The fourth-order valence-corrected chi connectivity index (χ4v) is 5.36. The second-order valence-corrected chi connectivity index (χ2v) is 8.31. The SMILES string of the molecule is Cc1nsc(N2CCCC3(C2)C(NC(=O)c2ccnnc2)CCN3C)c1C#N. The highest BCUT2D eigenvalue weighted by atomic mass is 32.1. The van der Waals surface area contributed by atoms with Crippen LogP contribution in [-0.4, -0.2) is 63.6 Å². The van der Waals surface area contributed by atoms with Crippen molar-refractivity contribution < 1.29 is 4.79 Å². The third-order valence-electron chi connectivity index (χ3n) is 6.06. The summed E-state index contributed by atoms with van der Waals surface area (Å²) in [5.74, 6) is -0.113. The number of hydrogen-bond acceptors (Lipinski definition) is 8. The number of nitrogens with zero attached hydrogens (tertiary/aromatic N) is 6. The van der Waals surface area contributed by atoms with Gasteiger partial charge in [-0.1, -0.05) is 0 Å². The first-order chi connectivity index (χ1) is 13.5. The summed E-state index contributed by atoms with van der Waals surface area (Å²) >= 11 is 1.39. The number of amides is 1. The molecule has 2 aliphatic heterocycles. The number of rotatable bonds is 3. The molecule has 0 bridgehead atoms. The minimum absolute atomic E-state index is 0.0421. The van der Waals surface area contributed by atoms with E-state index in [0.29, 0.717) is 11.1 Å². The predicted molar refractivity (Wildman–Crippen MR) is 106 cm³/mol. The van der Waals surface area contributed by atoms with E-state index in [1.54, 1.807) is 6.07 Å². The van der Waals surface area contributed by atoms with Crippen LogP contribution in [0.25, 0.3) is 0 Å². The molecule has 2 saturated heterocycles. The van der Waals surface area contributed by atoms with Gasteiger partial charge in [-0.05, 0) is 50.8 Å². The Morgan fingerprint density at radius 1 is 1.43 bits per heavy atom. The summed E-state index contributed by atoms with van der Waals surface area (Å²) in [4.78, 5) is 17.4. The van der Waals surface area contributed by atoms with Crippen molar-refractivity contribution in [2.75, 3.05) is 31.6 Å². The molecule has 0 saturated carbocycles. The Bertz CT molecular complexity index is 909. The Hall–Kier alpha value is -2.57. The maximum Gasteiger partial charge on any atom is 0.253 e. The fourth-order valence-electron chi connectivity index (χ4n) is 4.49. The second-order valence-electron chi connectivity index (χ2n) is 7.56. The van der Waals surface area contributed by atoms with Crippen LogP contribution in [0.1, 0.15) is 40.9 Å². The quantitative estimate of drug-likeness (QED) is 0.840. The van der Waals surface area contributed by atoms with Crippen molar-refractivity contribution in [3.63, 3.8) is 0 Å². The molecule has 4 heterocycles. The first-order valence-electron chi connectivity index (χ1n) is 9.45. The minimum Gasteiger partial charge on any atom is -0.359 e. The van der Waals surface area contributed by atoms with Gasteiger partial charge in [0.1, 0.15) is 16.6 Å². The summed E-state index contributed by atoms with van der Waals surface area (Å²) in [6.45, 7) is 4.49. The highest BCUT2D eigenvalue weighted by molar-refractivity contribution is 7.10. The molecule has 9 heteroatoms. The third kappa shape index (κ3) is 3.12. The topological polar surface area (TPSA) is 98.0 Å². The summed E-state index contributed by atoms with van der Waals surface area (Å²) in [7, 11) is 2.13. The number of aryl methyl sites for hydroxylation is 1. The van der Waals surface area contributed by atoms with E-state index in [2.05, 4.69) is 42.8 Å². The second kappa shape index (κ2) is 7.45. The number of nitriles is 1. The standard InChI is InChI=1S/C19H23N7OS/c1-13-15(10-20)18(28-24-13)26-8-3-6-19(12-26)16(5-9-25(19)2)23-17(27)14-4-7-21-22-11-14/h4,7,11,16H,3,5-6,8-9,12H2,1-2H3,(H,23,27). The summed E-state index contributed by atoms with van der Waals surface area (Å²) in [5.41, 5.74) is 1.83. The fraction of sp³-hybridized carbons (Fsp3) is 0.526. The van der Waals surface area contributed by atoms with E-state index in [-0.39, 0.29) is 17.5 Å². The zero-order valence-electron chi connectivity index (χ0n) is 16.1. The molecule has 1 amide bonds. The normalized spacial score (nSPS) is 25.0. The smallest absolute Gasteiger partial charge is 0.253 e. The molecule has 4 rings (SSSR count). The van der Waals surface area contributed by atoms with Gasteiger partial charge in [0.2, 0.25) is 0 Å². The lowest BCUT2D eigenvalue weighted by Crippen LogP contribution is -2.63. The van der Waals surface area contributed by atoms with E-state index in [0.717, 1.165) is 49.6 Å². The molecular weight excluding hydrogens is 374 g/mol. The van der Waals surface area contributed by atoms with Gasteiger partial charge in [-0.2, -0.15) is 19.8 Å². The maximum atomic E-state index is 12.7. The molecule has 8 nitrogen and oxygen atoms in total. The van der Waals surface area contributed by atoms with Gasteiger partial charge < -0.3 is 10.2 Å². The Kier molecular flexibility index (Phi) is 5.00. The first kappa shape index (κ1) is 18.8. The van der Waals surface area contributed by atoms with Crippen molar-refractivity contribution in [2.24, 2.45) is 0 Å². The van der Waals surface area contributed by atoms with Gasteiger partial charge in [0.15, 0.2) is 0 Å². The number of hydrogen-bond donors (Lipinski definition) is 1. The van der Waals surface area contributed by atoms with Gasteiger partial charge in [-0.25, -0.2) is 0 Å². The number of nitrogens with one attached hydrogen (secondary N) is 1. The molecule has 0 aromatic carbocycles. The Morgan fingerprint density at radius 3 is 3.04 bits per heavy atom.